The molecule has 21 heavy (non-hydrogen) atoms. The van der Waals surface area contributed by atoms with E-state index in [9.17, 15) is 9.59 Å². The molecule has 2 amide bonds. The van der Waals surface area contributed by atoms with Gasteiger partial charge in [0.05, 0.1) is 6.04 Å². The van der Waals surface area contributed by atoms with Crippen molar-refractivity contribution in [1.82, 2.24) is 10.2 Å². The van der Waals surface area contributed by atoms with E-state index in [1.807, 2.05) is 4.90 Å². The smallest absolute Gasteiger partial charge is 0.223 e. The number of hydrogen-bond donors (Lipinski definition) is 1. The van der Waals surface area contributed by atoms with Gasteiger partial charge in [-0.3, -0.25) is 9.59 Å². The summed E-state index contributed by atoms with van der Waals surface area (Å²) in [6.45, 7) is 5.29. The molecule has 1 heterocycles. The molecule has 1 N–H and O–H groups in total. The molecule has 1 aliphatic carbocycles. The monoisotopic (exact) mass is 294 g/mol. The van der Waals surface area contributed by atoms with Gasteiger partial charge >= 0.3 is 0 Å². The van der Waals surface area contributed by atoms with Crippen molar-refractivity contribution in [2.24, 2.45) is 11.8 Å². The summed E-state index contributed by atoms with van der Waals surface area (Å²) in [5.41, 5.74) is 0. The molecular formula is C17H30N2O2. The molecule has 2 atom stereocenters. The maximum absolute atomic E-state index is 12.5. The normalized spacial score (nSPS) is 27.4. The number of hydrogen-bond acceptors (Lipinski definition) is 2. The van der Waals surface area contributed by atoms with Crippen LogP contribution >= 0.6 is 0 Å². The van der Waals surface area contributed by atoms with Gasteiger partial charge in [0.25, 0.3) is 0 Å². The summed E-state index contributed by atoms with van der Waals surface area (Å²) in [4.78, 5) is 26.0. The lowest BCUT2D eigenvalue weighted by atomic mass is 9.95. The Hall–Kier alpha value is -1.06. The first-order valence-corrected chi connectivity index (χ1v) is 8.67. The molecule has 4 nitrogen and oxygen atoms in total. The third kappa shape index (κ3) is 4.45. The Balaban J connectivity index is 1.92. The molecule has 0 aromatic rings. The molecule has 0 radical (unpaired) electrons. The number of rotatable bonds is 4. The summed E-state index contributed by atoms with van der Waals surface area (Å²) < 4.78 is 0. The van der Waals surface area contributed by atoms with Crippen LogP contribution in [-0.4, -0.2) is 35.8 Å². The van der Waals surface area contributed by atoms with Crippen LogP contribution in [0.1, 0.15) is 65.2 Å². The van der Waals surface area contributed by atoms with E-state index in [0.717, 1.165) is 32.2 Å². The van der Waals surface area contributed by atoms with Gasteiger partial charge in [-0.1, -0.05) is 39.0 Å². The molecule has 0 aromatic heterocycles. The van der Waals surface area contributed by atoms with E-state index in [4.69, 9.17) is 0 Å². The minimum atomic E-state index is 0.127. The largest absolute Gasteiger partial charge is 0.351 e. The molecule has 0 unspecified atom stereocenters. The predicted molar refractivity (Wildman–Crippen MR) is 83.8 cm³/mol. The van der Waals surface area contributed by atoms with Gasteiger partial charge < -0.3 is 10.2 Å². The zero-order valence-electron chi connectivity index (χ0n) is 13.6. The number of carbonyl (C=O) groups is 2. The van der Waals surface area contributed by atoms with E-state index in [-0.39, 0.29) is 23.8 Å². The average molecular weight is 294 g/mol. The number of likely N-dealkylation sites (tertiary alicyclic amines) is 1. The van der Waals surface area contributed by atoms with E-state index in [0.29, 0.717) is 12.5 Å². The van der Waals surface area contributed by atoms with E-state index in [1.54, 1.807) is 6.92 Å². The molecule has 1 aliphatic heterocycles. The topological polar surface area (TPSA) is 49.4 Å². The van der Waals surface area contributed by atoms with Crippen LogP contribution < -0.4 is 5.32 Å². The van der Waals surface area contributed by atoms with Gasteiger partial charge in [0, 0.05) is 25.9 Å². The Bertz CT molecular complexity index is 362. The van der Waals surface area contributed by atoms with Gasteiger partial charge in [-0.05, 0) is 25.2 Å². The molecule has 0 aromatic carbocycles. The van der Waals surface area contributed by atoms with Crippen LogP contribution in [0.25, 0.3) is 0 Å². The van der Waals surface area contributed by atoms with Crippen molar-refractivity contribution in [2.45, 2.75) is 71.3 Å². The number of amides is 2. The second-order valence-corrected chi connectivity index (χ2v) is 6.78. The highest BCUT2D eigenvalue weighted by atomic mass is 16.2. The first-order valence-electron chi connectivity index (χ1n) is 8.67. The lowest BCUT2D eigenvalue weighted by Crippen LogP contribution is -2.43. The van der Waals surface area contributed by atoms with Crippen LogP contribution in [0.2, 0.25) is 0 Å². The van der Waals surface area contributed by atoms with Gasteiger partial charge in [0.2, 0.25) is 11.8 Å². The molecule has 1 saturated carbocycles. The lowest BCUT2D eigenvalue weighted by Gasteiger charge is -2.22. The molecule has 1 saturated heterocycles. The van der Waals surface area contributed by atoms with Crippen molar-refractivity contribution in [2.75, 3.05) is 13.1 Å². The summed E-state index contributed by atoms with van der Waals surface area (Å²) in [6, 6.07) is 0.157. The lowest BCUT2D eigenvalue weighted by molar-refractivity contribution is -0.129. The average Bonchev–Trinajstić information content (AvgIpc) is 2.68. The molecule has 120 valence electrons. The number of nitrogens with one attached hydrogen (secondary N) is 1. The third-order valence-electron chi connectivity index (χ3n) is 5.10. The Morgan fingerprint density at radius 3 is 2.33 bits per heavy atom. The van der Waals surface area contributed by atoms with E-state index < -0.39 is 0 Å². The minimum absolute atomic E-state index is 0.127. The van der Waals surface area contributed by atoms with Crippen LogP contribution in [0.5, 0.6) is 0 Å². The molecular weight excluding hydrogens is 264 g/mol. The Morgan fingerprint density at radius 1 is 1.10 bits per heavy atom. The van der Waals surface area contributed by atoms with Gasteiger partial charge in [-0.15, -0.1) is 0 Å². The third-order valence-corrected chi connectivity index (χ3v) is 5.10. The first kappa shape index (κ1) is 16.3. The minimum Gasteiger partial charge on any atom is -0.351 e. The quantitative estimate of drug-likeness (QED) is 0.811. The first-order chi connectivity index (χ1) is 10.1. The molecule has 2 fully saturated rings. The molecule has 4 heteroatoms. The van der Waals surface area contributed by atoms with Crippen molar-refractivity contribution in [3.8, 4) is 0 Å². The van der Waals surface area contributed by atoms with Crippen molar-refractivity contribution in [3.05, 3.63) is 0 Å². The van der Waals surface area contributed by atoms with Crippen molar-refractivity contribution >= 4 is 11.8 Å². The maximum Gasteiger partial charge on any atom is 0.223 e. The zero-order valence-corrected chi connectivity index (χ0v) is 13.6. The highest BCUT2D eigenvalue weighted by Gasteiger charge is 2.35. The SMILES string of the molecule is CCC[C@@H]1CN(C(C)=O)C[C@H]1NC(=O)C1CCCCCC1. The van der Waals surface area contributed by atoms with E-state index >= 15 is 0 Å². The number of carbonyl (C=O) groups excluding carboxylic acids is 2. The van der Waals surface area contributed by atoms with Gasteiger partial charge in [0.1, 0.15) is 0 Å². The second kappa shape index (κ2) is 7.81. The van der Waals surface area contributed by atoms with Crippen LogP contribution in [0, 0.1) is 11.8 Å². The van der Waals surface area contributed by atoms with Crippen molar-refractivity contribution in [1.29, 1.82) is 0 Å². The van der Waals surface area contributed by atoms with Gasteiger partial charge in [0.15, 0.2) is 0 Å². The Morgan fingerprint density at radius 2 is 1.76 bits per heavy atom. The highest BCUT2D eigenvalue weighted by molar-refractivity contribution is 5.79. The zero-order chi connectivity index (χ0) is 15.2. The fourth-order valence-electron chi connectivity index (χ4n) is 3.80. The van der Waals surface area contributed by atoms with Gasteiger partial charge in [-0.25, -0.2) is 0 Å². The van der Waals surface area contributed by atoms with Gasteiger partial charge in [-0.2, -0.15) is 0 Å². The standard InChI is InChI=1S/C17H30N2O2/c1-3-8-15-11-19(13(2)20)12-16(15)18-17(21)14-9-6-4-5-7-10-14/h14-16H,3-12H2,1-2H3,(H,18,21)/t15-,16-/m1/s1. The van der Waals surface area contributed by atoms with Crippen molar-refractivity contribution < 1.29 is 9.59 Å². The predicted octanol–water partition coefficient (Wildman–Crippen LogP) is 2.72. The summed E-state index contributed by atoms with van der Waals surface area (Å²) >= 11 is 0. The Kier molecular flexibility index (Phi) is 6.07. The van der Waals surface area contributed by atoms with Crippen LogP contribution in [0.15, 0.2) is 0 Å². The molecule has 2 aliphatic rings. The molecule has 0 spiro atoms. The van der Waals surface area contributed by atoms with Crippen LogP contribution in [-0.2, 0) is 9.59 Å². The maximum atomic E-state index is 12.5. The Labute approximate surface area is 128 Å². The summed E-state index contributed by atoms with van der Waals surface area (Å²) in [6.07, 6.45) is 9.15. The molecule has 2 rings (SSSR count). The highest BCUT2D eigenvalue weighted by Crippen LogP contribution is 2.25. The molecule has 0 bridgehead atoms. The van der Waals surface area contributed by atoms with E-state index in [1.165, 1.54) is 25.7 Å². The summed E-state index contributed by atoms with van der Waals surface area (Å²) in [5.74, 6) is 0.977. The number of nitrogens with zero attached hydrogens (tertiary/aromatic N) is 1. The fourth-order valence-corrected chi connectivity index (χ4v) is 3.80. The summed E-state index contributed by atoms with van der Waals surface area (Å²) in [5, 5.41) is 3.26. The van der Waals surface area contributed by atoms with Crippen molar-refractivity contribution in [3.63, 3.8) is 0 Å². The van der Waals surface area contributed by atoms with Crippen LogP contribution in [0.3, 0.4) is 0 Å². The summed E-state index contributed by atoms with van der Waals surface area (Å²) in [7, 11) is 0. The second-order valence-electron chi connectivity index (χ2n) is 6.78. The fraction of sp³-hybridized carbons (Fsp3) is 0.882. The van der Waals surface area contributed by atoms with E-state index in [2.05, 4.69) is 12.2 Å². The van der Waals surface area contributed by atoms with Crippen LogP contribution in [0.4, 0.5) is 0 Å².